The molecule has 1 amide bonds. The van der Waals surface area contributed by atoms with Crippen LogP contribution in [-0.2, 0) is 19.6 Å². The fourth-order valence-corrected chi connectivity index (χ4v) is 3.60. The van der Waals surface area contributed by atoms with Crippen molar-refractivity contribution in [2.45, 2.75) is 24.8 Å². The molecule has 0 unspecified atom stereocenters. The molecule has 0 heterocycles. The van der Waals surface area contributed by atoms with E-state index in [1.54, 1.807) is 20.0 Å². The van der Waals surface area contributed by atoms with Crippen LogP contribution < -0.4 is 0 Å². The molecule has 0 N–H and O–H groups in total. The first kappa shape index (κ1) is 22.6. The Morgan fingerprint density at radius 3 is 2.24 bits per heavy atom. The van der Waals surface area contributed by atoms with Crippen molar-refractivity contribution >= 4 is 21.9 Å². The highest BCUT2D eigenvalue weighted by Gasteiger charge is 2.23. The van der Waals surface area contributed by atoms with Crippen molar-refractivity contribution in [3.8, 4) is 0 Å². The third-order valence-electron chi connectivity index (χ3n) is 4.79. The van der Waals surface area contributed by atoms with E-state index in [1.165, 1.54) is 31.1 Å². The number of likely N-dealkylation sites (N-methyl/N-ethyl adjacent to an activating group) is 1. The van der Waals surface area contributed by atoms with Crippen LogP contribution in [0, 0.1) is 6.92 Å². The van der Waals surface area contributed by atoms with E-state index in [2.05, 4.69) is 0 Å². The van der Waals surface area contributed by atoms with E-state index >= 15 is 0 Å². The lowest BCUT2D eigenvalue weighted by molar-refractivity contribution is -0.135. The van der Waals surface area contributed by atoms with E-state index < -0.39 is 22.6 Å². The second kappa shape index (κ2) is 9.19. The first-order valence-corrected chi connectivity index (χ1v) is 10.5. The van der Waals surface area contributed by atoms with Gasteiger partial charge >= 0.3 is 5.97 Å². The topological polar surface area (TPSA) is 84.0 Å². The molecule has 0 fully saturated rings. The molecule has 2 rings (SSSR count). The van der Waals surface area contributed by atoms with Gasteiger partial charge in [0.25, 0.3) is 5.91 Å². The molecule has 0 bridgehead atoms. The molecule has 29 heavy (non-hydrogen) atoms. The molecular weight excluding hydrogens is 392 g/mol. The number of carbonyl (C=O) groups is 2. The number of nitrogens with zero attached hydrogens (tertiary/aromatic N) is 2. The Balaban J connectivity index is 2.10. The number of benzene rings is 2. The Hall–Kier alpha value is -2.71. The van der Waals surface area contributed by atoms with Crippen LogP contribution in [0.5, 0.6) is 0 Å². The van der Waals surface area contributed by atoms with E-state index in [0.29, 0.717) is 5.56 Å². The molecule has 0 saturated heterocycles. The predicted molar refractivity (Wildman–Crippen MR) is 110 cm³/mol. The van der Waals surface area contributed by atoms with Gasteiger partial charge in [0.15, 0.2) is 6.61 Å². The van der Waals surface area contributed by atoms with Crippen molar-refractivity contribution in [3.63, 3.8) is 0 Å². The number of esters is 1. The lowest BCUT2D eigenvalue weighted by Crippen LogP contribution is -2.33. The normalized spacial score (nSPS) is 12.5. The molecule has 0 spiro atoms. The van der Waals surface area contributed by atoms with Crippen LogP contribution in [0.2, 0.25) is 0 Å². The van der Waals surface area contributed by atoms with Crippen molar-refractivity contribution in [1.29, 1.82) is 0 Å². The van der Waals surface area contributed by atoms with Crippen LogP contribution in [-0.4, -0.2) is 57.2 Å². The second-order valence-corrected chi connectivity index (χ2v) is 9.08. The van der Waals surface area contributed by atoms with Gasteiger partial charge in [0.05, 0.1) is 16.5 Å². The molecule has 8 heteroatoms. The molecule has 1 atom stereocenters. The molecule has 0 aliphatic rings. The van der Waals surface area contributed by atoms with Gasteiger partial charge in [0.1, 0.15) is 0 Å². The van der Waals surface area contributed by atoms with Gasteiger partial charge in [-0.15, -0.1) is 0 Å². The third kappa shape index (κ3) is 5.21. The monoisotopic (exact) mass is 418 g/mol. The number of sulfonamides is 1. The standard InChI is InChI=1S/C21H26N2O5S/c1-15-11-12-18(29(26,27)22(3)4)13-19(15)21(25)28-14-20(24)23(5)16(2)17-9-7-6-8-10-17/h6-13,16H,14H2,1-5H3/t16-/m1/s1. The predicted octanol–water partition coefficient (Wildman–Crippen LogP) is 2.62. The van der Waals surface area contributed by atoms with Crippen LogP contribution >= 0.6 is 0 Å². The van der Waals surface area contributed by atoms with Gasteiger partial charge in [0, 0.05) is 21.1 Å². The summed E-state index contributed by atoms with van der Waals surface area (Å²) in [5.41, 5.74) is 1.64. The number of carbonyl (C=O) groups excluding carboxylic acids is 2. The van der Waals surface area contributed by atoms with Gasteiger partial charge in [-0.2, -0.15) is 0 Å². The van der Waals surface area contributed by atoms with Gasteiger partial charge < -0.3 is 9.64 Å². The number of ether oxygens (including phenoxy) is 1. The molecule has 0 aromatic heterocycles. The van der Waals surface area contributed by atoms with Crippen molar-refractivity contribution in [2.75, 3.05) is 27.7 Å². The molecular formula is C21H26N2O5S. The van der Waals surface area contributed by atoms with Gasteiger partial charge in [-0.25, -0.2) is 17.5 Å². The maximum Gasteiger partial charge on any atom is 0.338 e. The smallest absolute Gasteiger partial charge is 0.338 e. The molecule has 0 saturated carbocycles. The summed E-state index contributed by atoms with van der Waals surface area (Å²) in [4.78, 5) is 26.4. The number of rotatable bonds is 7. The summed E-state index contributed by atoms with van der Waals surface area (Å²) in [6.07, 6.45) is 0. The minimum Gasteiger partial charge on any atom is -0.452 e. The summed E-state index contributed by atoms with van der Waals surface area (Å²) in [5.74, 6) is -1.10. The van der Waals surface area contributed by atoms with Crippen LogP contribution in [0.4, 0.5) is 0 Å². The summed E-state index contributed by atoms with van der Waals surface area (Å²) in [6.45, 7) is 3.12. The maximum absolute atomic E-state index is 12.5. The molecule has 0 aliphatic carbocycles. The van der Waals surface area contributed by atoms with Gasteiger partial charge in [-0.05, 0) is 37.1 Å². The quantitative estimate of drug-likeness (QED) is 0.646. The van der Waals surface area contributed by atoms with Crippen molar-refractivity contribution in [2.24, 2.45) is 0 Å². The first-order chi connectivity index (χ1) is 13.6. The molecule has 7 nitrogen and oxygen atoms in total. The zero-order valence-electron chi connectivity index (χ0n) is 17.2. The summed E-state index contributed by atoms with van der Waals surface area (Å²) in [7, 11) is 0.781. The minimum absolute atomic E-state index is 0.0128. The van der Waals surface area contributed by atoms with E-state index in [1.807, 2.05) is 37.3 Å². The lowest BCUT2D eigenvalue weighted by atomic mass is 10.1. The SMILES string of the molecule is Cc1ccc(S(=O)(=O)N(C)C)cc1C(=O)OCC(=O)N(C)[C@H](C)c1ccccc1. The Bertz CT molecular complexity index is 987. The fourth-order valence-electron chi connectivity index (χ4n) is 2.67. The van der Waals surface area contributed by atoms with Gasteiger partial charge in [0.2, 0.25) is 10.0 Å². The van der Waals surface area contributed by atoms with Crippen molar-refractivity contribution in [1.82, 2.24) is 9.21 Å². The Morgan fingerprint density at radius 1 is 1.03 bits per heavy atom. The molecule has 2 aromatic rings. The number of hydrogen-bond donors (Lipinski definition) is 0. The average molecular weight is 419 g/mol. The second-order valence-electron chi connectivity index (χ2n) is 6.93. The van der Waals surface area contributed by atoms with Gasteiger partial charge in [-0.3, -0.25) is 4.79 Å². The Labute approximate surface area is 171 Å². The molecule has 156 valence electrons. The summed E-state index contributed by atoms with van der Waals surface area (Å²) >= 11 is 0. The molecule has 2 aromatic carbocycles. The summed E-state index contributed by atoms with van der Waals surface area (Å²) < 4.78 is 30.8. The van der Waals surface area contributed by atoms with Crippen LogP contribution in [0.1, 0.15) is 34.5 Å². The Morgan fingerprint density at radius 2 is 1.66 bits per heavy atom. The number of amides is 1. The molecule has 0 aliphatic heterocycles. The van der Waals surface area contributed by atoms with Crippen molar-refractivity contribution < 1.29 is 22.7 Å². The lowest BCUT2D eigenvalue weighted by Gasteiger charge is -2.25. The van der Waals surface area contributed by atoms with E-state index in [-0.39, 0.29) is 22.4 Å². The highest BCUT2D eigenvalue weighted by atomic mass is 32.2. The van der Waals surface area contributed by atoms with Gasteiger partial charge in [-0.1, -0.05) is 36.4 Å². The first-order valence-electron chi connectivity index (χ1n) is 9.06. The zero-order chi connectivity index (χ0) is 21.8. The third-order valence-corrected chi connectivity index (χ3v) is 6.60. The van der Waals surface area contributed by atoms with Crippen molar-refractivity contribution in [3.05, 3.63) is 65.2 Å². The fraction of sp³-hybridized carbons (Fsp3) is 0.333. The average Bonchev–Trinajstić information content (AvgIpc) is 2.71. The minimum atomic E-state index is -3.69. The largest absolute Gasteiger partial charge is 0.452 e. The van der Waals surface area contributed by atoms with Crippen LogP contribution in [0.3, 0.4) is 0 Å². The van der Waals surface area contributed by atoms with E-state index in [9.17, 15) is 18.0 Å². The highest BCUT2D eigenvalue weighted by Crippen LogP contribution is 2.20. The number of hydrogen-bond acceptors (Lipinski definition) is 5. The van der Waals surface area contributed by atoms with E-state index in [4.69, 9.17) is 4.74 Å². The van der Waals surface area contributed by atoms with E-state index in [0.717, 1.165) is 9.87 Å². The molecule has 0 radical (unpaired) electrons. The van der Waals surface area contributed by atoms with Crippen LogP contribution in [0.25, 0.3) is 0 Å². The highest BCUT2D eigenvalue weighted by molar-refractivity contribution is 7.89. The Kier molecular flexibility index (Phi) is 7.16. The zero-order valence-corrected chi connectivity index (χ0v) is 18.1. The van der Waals surface area contributed by atoms with Crippen LogP contribution in [0.15, 0.2) is 53.4 Å². The number of aryl methyl sites for hydroxylation is 1. The maximum atomic E-state index is 12.5. The summed E-state index contributed by atoms with van der Waals surface area (Å²) in [6, 6.07) is 13.6. The summed E-state index contributed by atoms with van der Waals surface area (Å²) in [5, 5.41) is 0.